The van der Waals surface area contributed by atoms with E-state index < -0.39 is 35.6 Å². The Morgan fingerprint density at radius 1 is 1.27 bits per heavy atom. The Kier molecular flexibility index (Phi) is 7.24. The lowest BCUT2D eigenvalue weighted by atomic mass is 9.93. The zero-order valence-corrected chi connectivity index (χ0v) is 19.9. The van der Waals surface area contributed by atoms with E-state index >= 15 is 0 Å². The number of aliphatic hydroxyl groups excluding tert-OH is 3. The maximum absolute atomic E-state index is 13.3. The minimum Gasteiger partial charge on any atom is -0.492 e. The molecule has 0 saturated carbocycles. The van der Waals surface area contributed by atoms with Crippen molar-refractivity contribution in [2.75, 3.05) is 20.8 Å². The second-order valence-corrected chi connectivity index (χ2v) is 9.51. The Bertz CT molecular complexity index is 815. The van der Waals surface area contributed by atoms with Crippen LogP contribution in [0.5, 0.6) is 11.5 Å². The summed E-state index contributed by atoms with van der Waals surface area (Å²) in [5, 5.41) is 38.8. The fourth-order valence-electron chi connectivity index (χ4n) is 3.70. The monoisotopic (exact) mass is 556 g/mol. The highest BCUT2D eigenvalue weighted by Gasteiger charge is 2.57. The molecule has 1 aromatic rings. The minimum atomic E-state index is -1.78. The van der Waals surface area contributed by atoms with Crippen LogP contribution in [-0.2, 0) is 15.1 Å². The number of hydrogen-bond acceptors (Lipinski definition) is 10. The molecule has 2 saturated heterocycles. The molecule has 0 aromatic heterocycles. The first-order chi connectivity index (χ1) is 14.1. The van der Waals surface area contributed by atoms with Crippen molar-refractivity contribution in [2.24, 2.45) is 0 Å². The Labute approximate surface area is 191 Å². The molecule has 0 radical (unpaired) electrons. The van der Waals surface area contributed by atoms with Crippen molar-refractivity contribution < 1.29 is 44.2 Å². The van der Waals surface area contributed by atoms with E-state index in [0.29, 0.717) is 14.7 Å². The number of rotatable bonds is 6. The average Bonchev–Trinajstić information content (AvgIpc) is 3.47. The van der Waals surface area contributed by atoms with Gasteiger partial charge in [-0.2, -0.15) is 0 Å². The number of carbonyl (C=O) groups is 1. The van der Waals surface area contributed by atoms with Crippen molar-refractivity contribution in [3.63, 3.8) is 0 Å². The molecule has 30 heavy (non-hydrogen) atoms. The molecular weight excluding hydrogens is 531 g/mol. The highest BCUT2D eigenvalue weighted by Crippen LogP contribution is 2.53. The third-order valence-electron chi connectivity index (χ3n) is 5.39. The Balaban J connectivity index is 2.05. The van der Waals surface area contributed by atoms with E-state index in [1.54, 1.807) is 13.8 Å². The molecule has 11 heteroatoms. The topological polar surface area (TPSA) is 138 Å². The molecule has 5 atom stereocenters. The van der Waals surface area contributed by atoms with Crippen molar-refractivity contribution in [1.82, 2.24) is 0 Å². The quantitative estimate of drug-likeness (QED) is 0.227. The molecule has 0 aliphatic carbocycles. The van der Waals surface area contributed by atoms with Gasteiger partial charge in [0.25, 0.3) is 0 Å². The van der Waals surface area contributed by atoms with E-state index in [-0.39, 0.29) is 35.2 Å². The van der Waals surface area contributed by atoms with Crippen LogP contribution in [-0.4, -0.2) is 76.4 Å². The molecule has 9 nitrogen and oxygen atoms in total. The van der Waals surface area contributed by atoms with Gasteiger partial charge in [-0.3, -0.25) is 4.79 Å². The fraction of sp³-hybridized carbons (Fsp3) is 0.632. The number of methoxy groups -OCH3 is 2. The summed E-state index contributed by atoms with van der Waals surface area (Å²) >= 11 is 2.92. The predicted molar refractivity (Wildman–Crippen MR) is 116 cm³/mol. The van der Waals surface area contributed by atoms with Gasteiger partial charge in [0.05, 0.1) is 49.4 Å². The molecule has 1 aromatic carbocycles. The zero-order valence-electron chi connectivity index (χ0n) is 16.9. The summed E-state index contributed by atoms with van der Waals surface area (Å²) in [6, 6.07) is 0. The van der Waals surface area contributed by atoms with E-state index in [0.717, 1.165) is 11.8 Å². The zero-order chi connectivity index (χ0) is 22.4. The maximum atomic E-state index is 13.3. The van der Waals surface area contributed by atoms with Crippen molar-refractivity contribution in [3.05, 3.63) is 20.3 Å². The van der Waals surface area contributed by atoms with Gasteiger partial charge >= 0.3 is 0 Å². The third-order valence-corrected chi connectivity index (χ3v) is 8.13. The second kappa shape index (κ2) is 9.06. The Morgan fingerprint density at radius 2 is 1.87 bits per heavy atom. The van der Waals surface area contributed by atoms with E-state index in [4.69, 9.17) is 18.9 Å². The molecule has 2 aliphatic heterocycles. The molecule has 5 unspecified atom stereocenters. The summed E-state index contributed by atoms with van der Waals surface area (Å²) in [4.78, 5) is 13.3. The molecule has 2 aliphatic rings. The van der Waals surface area contributed by atoms with Gasteiger partial charge in [-0.25, -0.2) is 0 Å². The largest absolute Gasteiger partial charge is 0.492 e. The molecule has 3 rings (SSSR count). The lowest BCUT2D eigenvalue weighted by molar-refractivity contribution is -0.179. The number of carbonyl (C=O) groups excluding carboxylic acids is 1. The molecule has 0 spiro atoms. The fourth-order valence-corrected chi connectivity index (χ4v) is 5.80. The second-order valence-electron chi connectivity index (χ2n) is 7.28. The van der Waals surface area contributed by atoms with Crippen LogP contribution in [0.2, 0.25) is 0 Å². The summed E-state index contributed by atoms with van der Waals surface area (Å²) in [6.07, 6.45) is -4.30. The first kappa shape index (κ1) is 24.0. The summed E-state index contributed by atoms with van der Waals surface area (Å²) in [5.74, 6) is 0.336. The number of ether oxygens (including phenoxy) is 4. The highest BCUT2D eigenvalue weighted by molar-refractivity contribution is 14.1. The number of thioether (sulfide) groups is 1. The predicted octanol–water partition coefficient (Wildman–Crippen LogP) is 0.883. The van der Waals surface area contributed by atoms with Crippen molar-refractivity contribution in [3.8, 4) is 11.5 Å². The van der Waals surface area contributed by atoms with Gasteiger partial charge < -0.3 is 39.4 Å². The molecule has 168 valence electrons. The standard InChI is InChI=1S/C19H25IO9S/c1-7-11(17(23)30-16-8(2)29-10(22)5-9(16)21)14(26-3)15(27-4)12(13(7)20)19(6-28-19)18(24)25/h8-10,16,18,21-22,24-25H,5-6H2,1-4H3. The van der Waals surface area contributed by atoms with Gasteiger partial charge in [0.15, 0.2) is 29.7 Å². The first-order valence-corrected chi connectivity index (χ1v) is 11.2. The third kappa shape index (κ3) is 4.06. The van der Waals surface area contributed by atoms with Crippen LogP contribution in [0.4, 0.5) is 0 Å². The summed E-state index contributed by atoms with van der Waals surface area (Å²) in [7, 11) is 2.79. The number of hydrogen-bond donors (Lipinski definition) is 4. The molecule has 4 N–H and O–H groups in total. The van der Waals surface area contributed by atoms with Crippen LogP contribution in [0.15, 0.2) is 0 Å². The molecule has 0 amide bonds. The molecule has 2 heterocycles. The summed E-state index contributed by atoms with van der Waals surface area (Å²) < 4.78 is 22.3. The van der Waals surface area contributed by atoms with E-state index in [2.05, 4.69) is 0 Å². The highest BCUT2D eigenvalue weighted by atomic mass is 127. The van der Waals surface area contributed by atoms with Crippen LogP contribution >= 0.6 is 34.4 Å². The Morgan fingerprint density at radius 3 is 2.33 bits per heavy atom. The van der Waals surface area contributed by atoms with Crippen molar-refractivity contribution in [2.45, 2.75) is 55.9 Å². The number of epoxide rings is 1. The SMILES string of the molecule is COc1c(OC)c(C2(C(O)O)CO2)c(I)c(C)c1C(=O)SC1C(O)CC(O)OC1C. The lowest BCUT2D eigenvalue weighted by Crippen LogP contribution is -2.45. The summed E-state index contributed by atoms with van der Waals surface area (Å²) in [5.41, 5.74) is -0.113. The van der Waals surface area contributed by atoms with Crippen LogP contribution in [0.3, 0.4) is 0 Å². The maximum Gasteiger partial charge on any atom is 0.224 e. The number of aliphatic hydroxyl groups is 4. The molecular formula is C19H25IO9S. The lowest BCUT2D eigenvalue weighted by Gasteiger charge is -2.35. The van der Waals surface area contributed by atoms with Gasteiger partial charge in [0.1, 0.15) is 0 Å². The van der Waals surface area contributed by atoms with Crippen molar-refractivity contribution >= 4 is 39.5 Å². The van der Waals surface area contributed by atoms with Crippen LogP contribution < -0.4 is 9.47 Å². The van der Waals surface area contributed by atoms with Gasteiger partial charge in [-0.1, -0.05) is 11.8 Å². The smallest absolute Gasteiger partial charge is 0.224 e. The van der Waals surface area contributed by atoms with E-state index in [1.807, 2.05) is 22.6 Å². The van der Waals surface area contributed by atoms with Gasteiger partial charge in [-0.15, -0.1) is 0 Å². The average molecular weight is 556 g/mol. The van der Waals surface area contributed by atoms with Gasteiger partial charge in [0.2, 0.25) is 5.12 Å². The van der Waals surface area contributed by atoms with Crippen LogP contribution in [0.25, 0.3) is 0 Å². The number of halogens is 1. The van der Waals surface area contributed by atoms with E-state index in [9.17, 15) is 25.2 Å². The van der Waals surface area contributed by atoms with Crippen LogP contribution in [0, 0.1) is 10.5 Å². The first-order valence-electron chi connectivity index (χ1n) is 9.26. The van der Waals surface area contributed by atoms with Crippen LogP contribution in [0.1, 0.15) is 34.8 Å². The van der Waals surface area contributed by atoms with E-state index in [1.165, 1.54) is 14.2 Å². The summed E-state index contributed by atoms with van der Waals surface area (Å²) in [6.45, 7) is 3.50. The number of benzene rings is 1. The minimum absolute atomic E-state index is 0.0133. The van der Waals surface area contributed by atoms with Crippen molar-refractivity contribution in [1.29, 1.82) is 0 Å². The Hall–Kier alpha value is -0.670. The van der Waals surface area contributed by atoms with Gasteiger partial charge in [0, 0.05) is 9.99 Å². The molecule has 2 fully saturated rings. The van der Waals surface area contributed by atoms with Gasteiger partial charge in [-0.05, 0) is 42.0 Å². The normalized spacial score (nSPS) is 31.0. The molecule has 0 bridgehead atoms.